The van der Waals surface area contributed by atoms with Crippen LogP contribution in [0.2, 0.25) is 0 Å². The van der Waals surface area contributed by atoms with Crippen LogP contribution in [0.15, 0.2) is 47.2 Å². The molecule has 24 heavy (non-hydrogen) atoms. The molecule has 1 saturated heterocycles. The number of thiophene rings is 1. The molecule has 0 spiro atoms. The van der Waals surface area contributed by atoms with Gasteiger partial charge in [-0.3, -0.25) is 14.6 Å². The maximum atomic E-state index is 12.3. The first-order valence-electron chi connectivity index (χ1n) is 8.51. The summed E-state index contributed by atoms with van der Waals surface area (Å²) in [6, 6.07) is 12.3. The lowest BCUT2D eigenvalue weighted by Gasteiger charge is -2.34. The smallest absolute Gasteiger partial charge is 0.234 e. The van der Waals surface area contributed by atoms with E-state index in [-0.39, 0.29) is 11.9 Å². The van der Waals surface area contributed by atoms with E-state index in [1.54, 1.807) is 11.3 Å². The van der Waals surface area contributed by atoms with Crippen molar-refractivity contribution < 1.29 is 4.79 Å². The second-order valence-electron chi connectivity index (χ2n) is 6.38. The Morgan fingerprint density at radius 1 is 1.12 bits per heavy atom. The van der Waals surface area contributed by atoms with E-state index in [4.69, 9.17) is 0 Å². The average molecular weight is 343 g/mol. The van der Waals surface area contributed by atoms with Crippen molar-refractivity contribution in [3.8, 4) is 0 Å². The molecule has 0 radical (unpaired) electrons. The summed E-state index contributed by atoms with van der Waals surface area (Å²) in [5.74, 6) is 0.109. The van der Waals surface area contributed by atoms with Gasteiger partial charge >= 0.3 is 0 Å². The molecule has 1 aromatic heterocycles. The molecule has 1 aliphatic heterocycles. The Bertz CT molecular complexity index is 621. The molecule has 0 bridgehead atoms. The fourth-order valence-electron chi connectivity index (χ4n) is 3.06. The number of piperazine rings is 1. The third kappa shape index (κ3) is 4.90. The first-order valence-corrected chi connectivity index (χ1v) is 9.45. The molecule has 1 N–H and O–H groups in total. The summed E-state index contributed by atoms with van der Waals surface area (Å²) >= 11 is 1.75. The lowest BCUT2D eigenvalue weighted by Crippen LogP contribution is -2.49. The van der Waals surface area contributed by atoms with Crippen LogP contribution in [-0.2, 0) is 11.3 Å². The van der Waals surface area contributed by atoms with Crippen molar-refractivity contribution >= 4 is 17.2 Å². The molecular formula is C19H25N3OS. The Morgan fingerprint density at radius 3 is 2.50 bits per heavy atom. The molecule has 1 atom stereocenters. The summed E-state index contributed by atoms with van der Waals surface area (Å²) in [6.07, 6.45) is 0. The minimum atomic E-state index is 0.0542. The fourth-order valence-corrected chi connectivity index (χ4v) is 3.72. The van der Waals surface area contributed by atoms with Gasteiger partial charge in [-0.05, 0) is 34.9 Å². The quantitative estimate of drug-likeness (QED) is 0.876. The second-order valence-corrected chi connectivity index (χ2v) is 7.16. The zero-order valence-corrected chi connectivity index (χ0v) is 15.0. The highest BCUT2D eigenvalue weighted by Crippen LogP contribution is 2.13. The number of hydrogen-bond donors (Lipinski definition) is 1. The number of benzene rings is 1. The zero-order chi connectivity index (χ0) is 16.8. The van der Waals surface area contributed by atoms with E-state index in [0.717, 1.165) is 38.3 Å². The molecule has 1 unspecified atom stereocenters. The van der Waals surface area contributed by atoms with Crippen molar-refractivity contribution in [1.82, 2.24) is 15.1 Å². The topological polar surface area (TPSA) is 35.6 Å². The van der Waals surface area contributed by atoms with Crippen LogP contribution >= 0.6 is 11.3 Å². The molecule has 1 aromatic carbocycles. The molecule has 1 amide bonds. The number of carbonyl (C=O) groups is 1. The zero-order valence-electron chi connectivity index (χ0n) is 14.1. The first kappa shape index (κ1) is 17.1. The Morgan fingerprint density at radius 2 is 1.83 bits per heavy atom. The average Bonchev–Trinajstić information content (AvgIpc) is 3.10. The molecule has 3 rings (SSSR count). The van der Waals surface area contributed by atoms with Gasteiger partial charge in [0, 0.05) is 32.7 Å². The third-order valence-corrected chi connectivity index (χ3v) is 5.23. The number of rotatable bonds is 6. The second kappa shape index (κ2) is 8.42. The van der Waals surface area contributed by atoms with Crippen molar-refractivity contribution in [2.45, 2.75) is 19.5 Å². The van der Waals surface area contributed by atoms with Crippen LogP contribution in [-0.4, -0.2) is 48.4 Å². The molecule has 1 fully saturated rings. The number of nitrogens with one attached hydrogen (secondary N) is 1. The van der Waals surface area contributed by atoms with E-state index in [1.807, 2.05) is 37.3 Å². The molecule has 128 valence electrons. The van der Waals surface area contributed by atoms with Gasteiger partial charge in [0.2, 0.25) is 5.91 Å². The monoisotopic (exact) mass is 343 g/mol. The van der Waals surface area contributed by atoms with Crippen LogP contribution in [0.25, 0.3) is 0 Å². The molecule has 2 aromatic rings. The Balaban J connectivity index is 1.40. The maximum absolute atomic E-state index is 12.3. The van der Waals surface area contributed by atoms with Gasteiger partial charge in [0.05, 0.1) is 12.6 Å². The summed E-state index contributed by atoms with van der Waals surface area (Å²) in [7, 11) is 0. The van der Waals surface area contributed by atoms with Gasteiger partial charge in [0.15, 0.2) is 0 Å². The van der Waals surface area contributed by atoms with Gasteiger partial charge in [-0.15, -0.1) is 0 Å². The molecule has 1 aliphatic rings. The molecule has 0 saturated carbocycles. The summed E-state index contributed by atoms with van der Waals surface area (Å²) in [5.41, 5.74) is 2.54. The number of carbonyl (C=O) groups excluding carboxylic acids is 1. The predicted octanol–water partition coefficient (Wildman–Crippen LogP) is 2.74. The summed E-state index contributed by atoms with van der Waals surface area (Å²) in [5, 5.41) is 7.44. The van der Waals surface area contributed by atoms with Crippen molar-refractivity contribution in [2.24, 2.45) is 0 Å². The molecule has 2 heterocycles. The summed E-state index contributed by atoms with van der Waals surface area (Å²) < 4.78 is 0. The first-order chi connectivity index (χ1) is 11.7. The van der Waals surface area contributed by atoms with Crippen molar-refractivity contribution in [3.05, 3.63) is 58.3 Å². The molecule has 5 heteroatoms. The van der Waals surface area contributed by atoms with Gasteiger partial charge in [-0.1, -0.05) is 30.3 Å². The van der Waals surface area contributed by atoms with Gasteiger partial charge in [-0.25, -0.2) is 0 Å². The highest BCUT2D eigenvalue weighted by atomic mass is 32.1. The van der Waals surface area contributed by atoms with Crippen LogP contribution in [0.4, 0.5) is 0 Å². The van der Waals surface area contributed by atoms with Crippen LogP contribution in [0, 0.1) is 0 Å². The fraction of sp³-hybridized carbons (Fsp3) is 0.421. The summed E-state index contributed by atoms with van der Waals surface area (Å²) in [4.78, 5) is 17.0. The normalized spacial score (nSPS) is 17.5. The minimum Gasteiger partial charge on any atom is -0.348 e. The van der Waals surface area contributed by atoms with E-state index in [9.17, 15) is 4.79 Å². The number of hydrogen-bond acceptors (Lipinski definition) is 4. The molecular weight excluding hydrogens is 318 g/mol. The molecule has 4 nitrogen and oxygen atoms in total. The Hall–Kier alpha value is -1.69. The van der Waals surface area contributed by atoms with Crippen LogP contribution in [0.1, 0.15) is 24.1 Å². The number of amides is 1. The maximum Gasteiger partial charge on any atom is 0.234 e. The van der Waals surface area contributed by atoms with E-state index in [0.29, 0.717) is 6.54 Å². The van der Waals surface area contributed by atoms with Crippen LogP contribution < -0.4 is 5.32 Å². The Labute approximate surface area is 148 Å². The standard InChI is InChI=1S/C19H25N3OS/c1-16(18-5-3-2-4-6-18)20-19(23)14-22-10-8-21(9-11-22)13-17-7-12-24-15-17/h2-7,12,15-16H,8-11,13-14H2,1H3,(H,20,23). The summed E-state index contributed by atoms with van der Waals surface area (Å²) in [6.45, 7) is 7.51. The van der Waals surface area contributed by atoms with E-state index in [2.05, 4.69) is 31.9 Å². The van der Waals surface area contributed by atoms with Gasteiger partial charge < -0.3 is 5.32 Å². The van der Waals surface area contributed by atoms with E-state index < -0.39 is 0 Å². The number of nitrogens with zero attached hydrogens (tertiary/aromatic N) is 2. The van der Waals surface area contributed by atoms with Crippen molar-refractivity contribution in [3.63, 3.8) is 0 Å². The largest absolute Gasteiger partial charge is 0.348 e. The van der Waals surface area contributed by atoms with Crippen LogP contribution in [0.5, 0.6) is 0 Å². The SMILES string of the molecule is CC(NC(=O)CN1CCN(Cc2ccsc2)CC1)c1ccccc1. The van der Waals surface area contributed by atoms with Gasteiger partial charge in [0.1, 0.15) is 0 Å². The minimum absolute atomic E-state index is 0.0542. The lowest BCUT2D eigenvalue weighted by atomic mass is 10.1. The Kier molecular flexibility index (Phi) is 6.01. The van der Waals surface area contributed by atoms with Crippen molar-refractivity contribution in [1.29, 1.82) is 0 Å². The lowest BCUT2D eigenvalue weighted by molar-refractivity contribution is -0.123. The predicted molar refractivity (Wildman–Crippen MR) is 99.0 cm³/mol. The van der Waals surface area contributed by atoms with Crippen LogP contribution in [0.3, 0.4) is 0 Å². The highest BCUT2D eigenvalue weighted by molar-refractivity contribution is 7.07. The van der Waals surface area contributed by atoms with Gasteiger partial charge in [-0.2, -0.15) is 11.3 Å². The third-order valence-electron chi connectivity index (χ3n) is 4.50. The van der Waals surface area contributed by atoms with Crippen molar-refractivity contribution in [2.75, 3.05) is 32.7 Å². The van der Waals surface area contributed by atoms with E-state index >= 15 is 0 Å². The molecule has 0 aliphatic carbocycles. The van der Waals surface area contributed by atoms with Gasteiger partial charge in [0.25, 0.3) is 0 Å². The highest BCUT2D eigenvalue weighted by Gasteiger charge is 2.20. The van der Waals surface area contributed by atoms with E-state index in [1.165, 1.54) is 5.56 Å².